The lowest BCUT2D eigenvalue weighted by Gasteiger charge is -2.13. The fraction of sp³-hybridized carbons (Fsp3) is 0.100. The topological polar surface area (TPSA) is 106 Å². The van der Waals surface area contributed by atoms with Crippen LogP contribution in [0.2, 0.25) is 0 Å². The van der Waals surface area contributed by atoms with E-state index in [1.165, 1.54) is 12.1 Å². The van der Waals surface area contributed by atoms with Gasteiger partial charge in [-0.3, -0.25) is 10.1 Å². The summed E-state index contributed by atoms with van der Waals surface area (Å²) < 4.78 is 0. The van der Waals surface area contributed by atoms with Gasteiger partial charge in [0, 0.05) is 23.3 Å². The highest BCUT2D eigenvalue weighted by Gasteiger charge is 2.16. The number of nitrogens with two attached hydrogens (primary N) is 1. The van der Waals surface area contributed by atoms with Gasteiger partial charge in [0.25, 0.3) is 5.69 Å². The zero-order valence-corrected chi connectivity index (χ0v) is 14.4. The third-order valence-electron chi connectivity index (χ3n) is 4.18. The Bertz CT molecular complexity index is 1070. The van der Waals surface area contributed by atoms with Gasteiger partial charge >= 0.3 is 0 Å². The molecule has 0 unspecified atom stereocenters. The number of pyridine rings is 1. The molecule has 0 spiro atoms. The fourth-order valence-corrected chi connectivity index (χ4v) is 2.94. The predicted octanol–water partition coefficient (Wildman–Crippen LogP) is 4.39. The van der Waals surface area contributed by atoms with Gasteiger partial charge < -0.3 is 5.73 Å². The molecule has 0 amide bonds. The van der Waals surface area contributed by atoms with Crippen LogP contribution in [0.25, 0.3) is 22.4 Å². The van der Waals surface area contributed by atoms with E-state index in [0.29, 0.717) is 22.4 Å². The van der Waals surface area contributed by atoms with Crippen molar-refractivity contribution in [2.24, 2.45) is 0 Å². The molecular weight excluding hydrogens is 328 g/mol. The van der Waals surface area contributed by atoms with E-state index in [0.717, 1.165) is 16.7 Å². The number of nitriles is 1. The minimum atomic E-state index is -0.457. The average Bonchev–Trinajstić information content (AvgIpc) is 2.61. The van der Waals surface area contributed by atoms with Gasteiger partial charge in [-0.25, -0.2) is 4.98 Å². The fourth-order valence-electron chi connectivity index (χ4n) is 2.94. The number of hydrogen-bond acceptors (Lipinski definition) is 5. The molecule has 0 bridgehead atoms. The number of anilines is 1. The normalized spacial score (nSPS) is 10.3. The van der Waals surface area contributed by atoms with Crippen LogP contribution in [0.4, 0.5) is 11.5 Å². The molecule has 1 heterocycles. The number of benzene rings is 2. The van der Waals surface area contributed by atoms with Crippen molar-refractivity contribution in [1.82, 2.24) is 4.98 Å². The number of rotatable bonds is 3. The first kappa shape index (κ1) is 17.1. The molecule has 3 rings (SSSR count). The van der Waals surface area contributed by atoms with Crippen molar-refractivity contribution in [2.75, 3.05) is 5.73 Å². The van der Waals surface area contributed by atoms with Crippen LogP contribution in [0.15, 0.2) is 48.5 Å². The molecule has 0 aliphatic rings. The second-order valence-electron chi connectivity index (χ2n) is 6.05. The van der Waals surface area contributed by atoms with Crippen LogP contribution < -0.4 is 5.73 Å². The van der Waals surface area contributed by atoms with E-state index in [4.69, 9.17) is 5.73 Å². The Labute approximate surface area is 150 Å². The Hall–Kier alpha value is -3.72. The van der Waals surface area contributed by atoms with Crippen LogP contribution >= 0.6 is 0 Å². The third-order valence-corrected chi connectivity index (χ3v) is 4.18. The number of nitro groups is 1. The molecule has 2 N–H and O–H groups in total. The lowest BCUT2D eigenvalue weighted by atomic mass is 9.94. The van der Waals surface area contributed by atoms with E-state index >= 15 is 0 Å². The van der Waals surface area contributed by atoms with Crippen molar-refractivity contribution in [1.29, 1.82) is 5.26 Å². The number of nitrogen functional groups attached to an aromatic ring is 1. The summed E-state index contributed by atoms with van der Waals surface area (Å²) >= 11 is 0. The number of aromatic nitrogens is 1. The zero-order valence-electron chi connectivity index (χ0n) is 14.4. The molecule has 0 aliphatic carbocycles. The number of nitro benzene ring substituents is 1. The van der Waals surface area contributed by atoms with Crippen LogP contribution in [0, 0.1) is 35.3 Å². The van der Waals surface area contributed by atoms with Gasteiger partial charge in [-0.15, -0.1) is 0 Å². The highest BCUT2D eigenvalue weighted by molar-refractivity contribution is 5.82. The standard InChI is InChI=1S/C20H16N4O2/c1-12-6-7-16(13(2)8-12)17-10-19(23-20(22)18(17)11-21)14-4-3-5-15(9-14)24(25)26/h3-10H,1-2H3,(H2,22,23). The van der Waals surface area contributed by atoms with Crippen molar-refractivity contribution in [3.63, 3.8) is 0 Å². The average molecular weight is 344 g/mol. The Morgan fingerprint density at radius 1 is 1.12 bits per heavy atom. The molecule has 0 radical (unpaired) electrons. The summed E-state index contributed by atoms with van der Waals surface area (Å²) in [4.78, 5) is 14.9. The predicted molar refractivity (Wildman–Crippen MR) is 100 cm³/mol. The lowest BCUT2D eigenvalue weighted by Crippen LogP contribution is -2.01. The maximum Gasteiger partial charge on any atom is 0.270 e. The van der Waals surface area contributed by atoms with E-state index < -0.39 is 4.92 Å². The Morgan fingerprint density at radius 2 is 1.88 bits per heavy atom. The highest BCUT2D eigenvalue weighted by atomic mass is 16.6. The summed E-state index contributed by atoms with van der Waals surface area (Å²) in [6.07, 6.45) is 0. The molecule has 2 aromatic carbocycles. The molecule has 1 aromatic heterocycles. The van der Waals surface area contributed by atoms with Crippen molar-refractivity contribution in [3.05, 3.63) is 75.3 Å². The molecular formula is C20H16N4O2. The minimum Gasteiger partial charge on any atom is -0.383 e. The number of aryl methyl sites for hydroxylation is 2. The zero-order chi connectivity index (χ0) is 18.8. The Kier molecular flexibility index (Phi) is 4.38. The van der Waals surface area contributed by atoms with Gasteiger partial charge in [0.1, 0.15) is 17.5 Å². The molecule has 0 fully saturated rings. The van der Waals surface area contributed by atoms with Crippen LogP contribution in [0.3, 0.4) is 0 Å². The molecule has 0 atom stereocenters. The van der Waals surface area contributed by atoms with Crippen molar-refractivity contribution < 1.29 is 4.92 Å². The number of nitrogens with zero attached hydrogens (tertiary/aromatic N) is 3. The molecule has 0 saturated heterocycles. The van der Waals surface area contributed by atoms with Gasteiger partial charge in [0.05, 0.1) is 10.6 Å². The minimum absolute atomic E-state index is 0.0275. The molecule has 6 nitrogen and oxygen atoms in total. The SMILES string of the molecule is Cc1ccc(-c2cc(-c3cccc([N+](=O)[O-])c3)nc(N)c2C#N)c(C)c1. The first-order chi connectivity index (χ1) is 12.4. The highest BCUT2D eigenvalue weighted by Crippen LogP contribution is 2.34. The van der Waals surface area contributed by atoms with Gasteiger partial charge in [-0.2, -0.15) is 5.26 Å². The van der Waals surface area contributed by atoms with E-state index in [2.05, 4.69) is 11.1 Å². The van der Waals surface area contributed by atoms with E-state index in [-0.39, 0.29) is 11.5 Å². The first-order valence-electron chi connectivity index (χ1n) is 7.94. The number of non-ortho nitro benzene ring substituents is 1. The summed E-state index contributed by atoms with van der Waals surface area (Å²) in [7, 11) is 0. The van der Waals surface area contributed by atoms with Crippen LogP contribution in [0.5, 0.6) is 0 Å². The molecule has 0 saturated carbocycles. The van der Waals surface area contributed by atoms with Crippen molar-refractivity contribution in [3.8, 4) is 28.5 Å². The first-order valence-corrected chi connectivity index (χ1v) is 7.94. The largest absolute Gasteiger partial charge is 0.383 e. The van der Waals surface area contributed by atoms with Gasteiger partial charge in [-0.05, 0) is 31.0 Å². The summed E-state index contributed by atoms with van der Waals surface area (Å²) in [6.45, 7) is 3.96. The van der Waals surface area contributed by atoms with E-state index in [9.17, 15) is 15.4 Å². The molecule has 0 aliphatic heterocycles. The summed E-state index contributed by atoms with van der Waals surface area (Å²) in [5.74, 6) is 0.103. The van der Waals surface area contributed by atoms with Gasteiger partial charge in [0.2, 0.25) is 0 Å². The quantitative estimate of drug-likeness (QED) is 0.560. The second-order valence-corrected chi connectivity index (χ2v) is 6.05. The Morgan fingerprint density at radius 3 is 2.54 bits per heavy atom. The smallest absolute Gasteiger partial charge is 0.270 e. The molecule has 3 aromatic rings. The summed E-state index contributed by atoms with van der Waals surface area (Å²) in [5.41, 5.74) is 11.0. The van der Waals surface area contributed by atoms with Crippen LogP contribution in [-0.4, -0.2) is 9.91 Å². The molecule has 6 heteroatoms. The molecule has 128 valence electrons. The van der Waals surface area contributed by atoms with Crippen molar-refractivity contribution in [2.45, 2.75) is 13.8 Å². The monoisotopic (exact) mass is 344 g/mol. The van der Waals surface area contributed by atoms with Crippen LogP contribution in [-0.2, 0) is 0 Å². The van der Waals surface area contributed by atoms with E-state index in [1.54, 1.807) is 18.2 Å². The Balaban J connectivity index is 2.25. The van der Waals surface area contributed by atoms with Gasteiger partial charge in [-0.1, -0.05) is 35.9 Å². The van der Waals surface area contributed by atoms with Crippen molar-refractivity contribution >= 4 is 11.5 Å². The summed E-state index contributed by atoms with van der Waals surface area (Å²) in [5, 5.41) is 20.6. The maximum atomic E-state index is 11.0. The summed E-state index contributed by atoms with van der Waals surface area (Å²) in [6, 6.07) is 16.0. The van der Waals surface area contributed by atoms with Gasteiger partial charge in [0.15, 0.2) is 0 Å². The van der Waals surface area contributed by atoms with E-state index in [1.807, 2.05) is 32.0 Å². The second kappa shape index (κ2) is 6.65. The number of hydrogen-bond donors (Lipinski definition) is 1. The maximum absolute atomic E-state index is 11.0. The molecule has 26 heavy (non-hydrogen) atoms. The van der Waals surface area contributed by atoms with Crippen LogP contribution in [0.1, 0.15) is 16.7 Å². The third kappa shape index (κ3) is 3.10. The lowest BCUT2D eigenvalue weighted by molar-refractivity contribution is -0.384.